The summed E-state index contributed by atoms with van der Waals surface area (Å²) in [5.74, 6) is 3.27. The molecular weight excluding hydrogens is 364 g/mol. The molecule has 2 aromatic carbocycles. The minimum Gasteiger partial charge on any atom is -0.493 e. The van der Waals surface area contributed by atoms with E-state index < -0.39 is 0 Å². The second-order valence-electron chi connectivity index (χ2n) is 6.10. The Hall–Kier alpha value is -2.93. The number of hydrogen-bond acceptors (Lipinski definition) is 6. The van der Waals surface area contributed by atoms with Gasteiger partial charge in [-0.1, -0.05) is 30.4 Å². The molecule has 2 aliphatic heterocycles. The quantitative estimate of drug-likeness (QED) is 0.758. The van der Waals surface area contributed by atoms with Gasteiger partial charge in [-0.2, -0.15) is 4.99 Å². The molecule has 0 saturated heterocycles. The van der Waals surface area contributed by atoms with Crippen molar-refractivity contribution in [2.24, 2.45) is 15.9 Å². The molecule has 1 atom stereocenters. The summed E-state index contributed by atoms with van der Waals surface area (Å²) in [4.78, 5) is 9.73. The lowest BCUT2D eigenvalue weighted by Crippen LogP contribution is -2.36. The summed E-state index contributed by atoms with van der Waals surface area (Å²) >= 11 is 5.55. The molecule has 0 N–H and O–H groups in total. The van der Waals surface area contributed by atoms with Crippen molar-refractivity contribution in [3.63, 3.8) is 0 Å². The molecule has 4 rings (SSSR count). The summed E-state index contributed by atoms with van der Waals surface area (Å²) in [6, 6.07) is 11.5. The highest BCUT2D eigenvalue weighted by Crippen LogP contribution is 2.39. The number of thiocarbonyl (C=S) groups is 1. The first-order chi connectivity index (χ1) is 13.1. The number of hydrogen-bond donors (Lipinski definition) is 0. The smallest absolute Gasteiger partial charge is 0.207 e. The Labute approximate surface area is 162 Å². The van der Waals surface area contributed by atoms with Crippen LogP contribution in [0.15, 0.2) is 46.4 Å². The highest BCUT2D eigenvalue weighted by molar-refractivity contribution is 7.80. The Bertz CT molecular complexity index is 959. The highest BCUT2D eigenvalue weighted by atomic mass is 32.1. The Kier molecular flexibility index (Phi) is 4.53. The molecule has 7 heteroatoms. The second kappa shape index (κ2) is 7.00. The molecule has 1 unspecified atom stereocenters. The maximum absolute atomic E-state index is 6.01. The molecule has 0 fully saturated rings. The molecule has 0 amide bonds. The van der Waals surface area contributed by atoms with Crippen molar-refractivity contribution in [3.05, 3.63) is 47.5 Å². The Morgan fingerprint density at radius 2 is 1.70 bits per heavy atom. The molecule has 0 aromatic heterocycles. The third kappa shape index (κ3) is 3.04. The van der Waals surface area contributed by atoms with Crippen LogP contribution in [0.4, 0.5) is 0 Å². The number of benzene rings is 2. The fourth-order valence-corrected chi connectivity index (χ4v) is 3.48. The van der Waals surface area contributed by atoms with E-state index in [0.717, 1.165) is 17.7 Å². The number of rotatable bonds is 4. The molecule has 6 nitrogen and oxygen atoms in total. The van der Waals surface area contributed by atoms with E-state index in [4.69, 9.17) is 31.2 Å². The zero-order valence-corrected chi connectivity index (χ0v) is 16.0. The number of nitrogens with zero attached hydrogens (tertiary/aromatic N) is 2. The summed E-state index contributed by atoms with van der Waals surface area (Å²) in [5, 5.41) is 0. The predicted octanol–water partition coefficient (Wildman–Crippen LogP) is 3.45. The van der Waals surface area contributed by atoms with Gasteiger partial charge < -0.3 is 18.9 Å². The fraction of sp³-hybridized carbons (Fsp3) is 0.250. The van der Waals surface area contributed by atoms with Crippen LogP contribution in [0.5, 0.6) is 23.0 Å². The lowest BCUT2D eigenvalue weighted by atomic mass is 9.94. The third-order valence-electron chi connectivity index (χ3n) is 4.56. The lowest BCUT2D eigenvalue weighted by molar-refractivity contribution is 0.324. The number of aliphatic imine (C=N–C) groups is 2. The topological polar surface area (TPSA) is 61.6 Å². The van der Waals surface area contributed by atoms with Crippen molar-refractivity contribution in [1.29, 1.82) is 0 Å². The van der Waals surface area contributed by atoms with Crippen LogP contribution in [-0.4, -0.2) is 38.1 Å². The first-order valence-electron chi connectivity index (χ1n) is 8.42. The largest absolute Gasteiger partial charge is 0.493 e. The Morgan fingerprint density at radius 1 is 1.00 bits per heavy atom. The summed E-state index contributed by atoms with van der Waals surface area (Å²) < 4.78 is 22.2. The third-order valence-corrected chi connectivity index (χ3v) is 4.94. The van der Waals surface area contributed by atoms with Crippen LogP contribution in [0, 0.1) is 5.92 Å². The van der Waals surface area contributed by atoms with Gasteiger partial charge in [-0.25, -0.2) is 4.99 Å². The average molecular weight is 382 g/mol. The number of fused-ring (bicyclic) bond motifs is 2. The minimum atomic E-state index is -0.124. The van der Waals surface area contributed by atoms with Crippen molar-refractivity contribution < 1.29 is 18.9 Å². The molecule has 0 radical (unpaired) electrons. The van der Waals surface area contributed by atoms with E-state index in [2.05, 4.69) is 9.98 Å². The number of para-hydroxylation sites is 1. The van der Waals surface area contributed by atoms with Crippen LogP contribution in [0.25, 0.3) is 0 Å². The van der Waals surface area contributed by atoms with Gasteiger partial charge in [-0.15, -0.1) is 0 Å². The first kappa shape index (κ1) is 17.5. The molecule has 2 aromatic rings. The van der Waals surface area contributed by atoms with E-state index >= 15 is 0 Å². The summed E-state index contributed by atoms with van der Waals surface area (Å²) in [7, 11) is 4.69. The van der Waals surface area contributed by atoms with Crippen LogP contribution in [0.3, 0.4) is 0 Å². The van der Waals surface area contributed by atoms with Crippen LogP contribution in [-0.2, 0) is 6.42 Å². The normalized spacial score (nSPS) is 17.7. The average Bonchev–Trinajstić information content (AvgIpc) is 2.71. The van der Waals surface area contributed by atoms with Crippen molar-refractivity contribution in [1.82, 2.24) is 0 Å². The van der Waals surface area contributed by atoms with E-state index in [1.807, 2.05) is 24.3 Å². The van der Waals surface area contributed by atoms with Gasteiger partial charge in [0.2, 0.25) is 11.6 Å². The van der Waals surface area contributed by atoms with E-state index in [9.17, 15) is 0 Å². The molecule has 2 aliphatic rings. The van der Waals surface area contributed by atoms with Gasteiger partial charge in [0.25, 0.3) is 0 Å². The molecular formula is C20H18N2O4S. The molecule has 27 heavy (non-hydrogen) atoms. The molecule has 0 saturated carbocycles. The zero-order valence-electron chi connectivity index (χ0n) is 15.2. The van der Waals surface area contributed by atoms with Gasteiger partial charge in [0, 0.05) is 5.56 Å². The van der Waals surface area contributed by atoms with E-state index in [1.165, 1.54) is 0 Å². The molecule has 0 aliphatic carbocycles. The molecule has 2 heterocycles. The lowest BCUT2D eigenvalue weighted by Gasteiger charge is -2.28. The Balaban J connectivity index is 1.76. The monoisotopic (exact) mass is 382 g/mol. The van der Waals surface area contributed by atoms with Crippen molar-refractivity contribution in [3.8, 4) is 23.0 Å². The molecule has 138 valence electrons. The number of amidine groups is 1. The summed E-state index contributed by atoms with van der Waals surface area (Å²) in [5.41, 5.74) is 1.82. The van der Waals surface area contributed by atoms with Crippen molar-refractivity contribution in [2.75, 3.05) is 21.3 Å². The van der Waals surface area contributed by atoms with Gasteiger partial charge in [-0.05, 0) is 30.2 Å². The van der Waals surface area contributed by atoms with Gasteiger partial charge in [0.05, 0.1) is 27.2 Å². The first-order valence-corrected chi connectivity index (χ1v) is 8.82. The number of ether oxygens (including phenoxy) is 4. The van der Waals surface area contributed by atoms with E-state index in [-0.39, 0.29) is 5.92 Å². The Morgan fingerprint density at radius 3 is 2.37 bits per heavy atom. The highest BCUT2D eigenvalue weighted by Gasteiger charge is 2.33. The standard InChI is InChI=1S/C20H18N2O4S/c1-23-15-9-12(10-16(24-2)17(15)25-3)18-21-19-13(20(27)22-18)8-11-6-4-5-7-14(11)26-19/h4-7,9-10,13H,8H2,1-3H3. The van der Waals surface area contributed by atoms with Crippen molar-refractivity contribution >= 4 is 28.9 Å². The van der Waals surface area contributed by atoms with Crippen LogP contribution in [0.2, 0.25) is 0 Å². The maximum atomic E-state index is 6.01. The van der Waals surface area contributed by atoms with Gasteiger partial charge >= 0.3 is 0 Å². The van der Waals surface area contributed by atoms with Crippen molar-refractivity contribution in [2.45, 2.75) is 6.42 Å². The van der Waals surface area contributed by atoms with E-state index in [0.29, 0.717) is 39.5 Å². The van der Waals surface area contributed by atoms with Crippen LogP contribution in [0.1, 0.15) is 11.1 Å². The van der Waals surface area contributed by atoms with Gasteiger partial charge in [0.15, 0.2) is 17.3 Å². The van der Waals surface area contributed by atoms with Gasteiger partial charge in [0.1, 0.15) is 10.7 Å². The SMILES string of the molecule is COc1cc(C2=NC(=S)C3Cc4ccccc4OC3=N2)cc(OC)c1OC. The minimum absolute atomic E-state index is 0.124. The molecule has 0 bridgehead atoms. The van der Waals surface area contributed by atoms with Crippen LogP contribution < -0.4 is 18.9 Å². The molecule has 0 spiro atoms. The summed E-state index contributed by atoms with van der Waals surface area (Å²) in [6.07, 6.45) is 0.736. The number of methoxy groups -OCH3 is 3. The van der Waals surface area contributed by atoms with E-state index in [1.54, 1.807) is 33.5 Å². The van der Waals surface area contributed by atoms with Gasteiger partial charge in [-0.3, -0.25) is 0 Å². The second-order valence-corrected chi connectivity index (χ2v) is 6.52. The maximum Gasteiger partial charge on any atom is 0.207 e. The fourth-order valence-electron chi connectivity index (χ4n) is 3.21. The van der Waals surface area contributed by atoms with Crippen LogP contribution >= 0.6 is 12.2 Å². The predicted molar refractivity (Wildman–Crippen MR) is 107 cm³/mol. The summed E-state index contributed by atoms with van der Waals surface area (Å²) in [6.45, 7) is 0. The zero-order chi connectivity index (χ0) is 19.0.